The van der Waals surface area contributed by atoms with Crippen molar-refractivity contribution < 1.29 is 18.4 Å². The van der Waals surface area contributed by atoms with Crippen molar-refractivity contribution in [1.29, 1.82) is 0 Å². The van der Waals surface area contributed by atoms with Crippen LogP contribution >= 0.6 is 0 Å². The van der Waals surface area contributed by atoms with Gasteiger partial charge in [0.15, 0.2) is 0 Å². The molecule has 30 heavy (non-hydrogen) atoms. The molecule has 2 amide bonds. The first-order valence-electron chi connectivity index (χ1n) is 9.92. The lowest BCUT2D eigenvalue weighted by molar-refractivity contribution is -0.120. The summed E-state index contributed by atoms with van der Waals surface area (Å²) in [6, 6.07) is 10.9. The van der Waals surface area contributed by atoms with Gasteiger partial charge in [-0.05, 0) is 74.9 Å². The van der Waals surface area contributed by atoms with E-state index < -0.39 is 23.4 Å². The van der Waals surface area contributed by atoms with Crippen molar-refractivity contribution in [2.45, 2.75) is 18.9 Å². The van der Waals surface area contributed by atoms with Crippen molar-refractivity contribution in [2.24, 2.45) is 0 Å². The van der Waals surface area contributed by atoms with Crippen LogP contribution in [0, 0.1) is 11.6 Å². The molecule has 0 radical (unpaired) electrons. The van der Waals surface area contributed by atoms with E-state index in [2.05, 4.69) is 11.9 Å². The lowest BCUT2D eigenvalue weighted by atomic mass is 10.00. The first kappa shape index (κ1) is 20.2. The molecule has 1 fully saturated rings. The Balaban J connectivity index is 1.77. The molecule has 0 aliphatic carbocycles. The molecule has 0 bridgehead atoms. The molecule has 7 heteroatoms. The maximum atomic E-state index is 13.5. The Morgan fingerprint density at radius 2 is 1.40 bits per heavy atom. The topological polar surface area (TPSA) is 43.9 Å². The summed E-state index contributed by atoms with van der Waals surface area (Å²) >= 11 is 0. The number of likely N-dealkylation sites (tertiary alicyclic amines) is 1. The van der Waals surface area contributed by atoms with Gasteiger partial charge in [-0.2, -0.15) is 0 Å². The van der Waals surface area contributed by atoms with Gasteiger partial charge in [-0.25, -0.2) is 13.7 Å². The number of rotatable bonds is 4. The quantitative estimate of drug-likeness (QED) is 0.725. The summed E-state index contributed by atoms with van der Waals surface area (Å²) in [7, 11) is 3.88. The predicted octanol–water partition coefficient (Wildman–Crippen LogP) is 3.28. The minimum absolute atomic E-state index is 0.108. The van der Waals surface area contributed by atoms with Crippen LogP contribution in [-0.2, 0) is 9.59 Å². The van der Waals surface area contributed by atoms with Gasteiger partial charge in [0.05, 0.1) is 11.3 Å². The van der Waals surface area contributed by atoms with E-state index >= 15 is 0 Å². The van der Waals surface area contributed by atoms with Gasteiger partial charge < -0.3 is 9.80 Å². The standard InChI is InChI=1S/C23H23F2N3O2/c1-26-13-11-18(12-14-26)27(2)21-20(15-3-5-16(24)6-4-15)22(29)28(23(21)30)19-9-7-17(25)8-10-19/h3-10,18H,11-14H2,1-2H3. The Hall–Kier alpha value is -3.06. The molecule has 2 aromatic rings. The Morgan fingerprint density at radius 3 is 1.97 bits per heavy atom. The zero-order valence-corrected chi connectivity index (χ0v) is 16.9. The second-order valence-corrected chi connectivity index (χ2v) is 7.80. The number of carbonyl (C=O) groups is 2. The molecule has 2 aliphatic heterocycles. The van der Waals surface area contributed by atoms with E-state index in [4.69, 9.17) is 0 Å². The van der Waals surface area contributed by atoms with Crippen LogP contribution in [0.4, 0.5) is 14.5 Å². The smallest absolute Gasteiger partial charge is 0.282 e. The summed E-state index contributed by atoms with van der Waals surface area (Å²) in [6.45, 7) is 1.80. The molecular weight excluding hydrogens is 388 g/mol. The van der Waals surface area contributed by atoms with Gasteiger partial charge in [0.25, 0.3) is 11.8 Å². The van der Waals surface area contributed by atoms with Crippen molar-refractivity contribution in [3.8, 4) is 0 Å². The van der Waals surface area contributed by atoms with Crippen molar-refractivity contribution in [1.82, 2.24) is 9.80 Å². The summed E-state index contributed by atoms with van der Waals surface area (Å²) in [5, 5.41) is 0. The lowest BCUT2D eigenvalue weighted by Crippen LogP contribution is -2.43. The highest BCUT2D eigenvalue weighted by Gasteiger charge is 2.43. The number of amides is 2. The average Bonchev–Trinajstić information content (AvgIpc) is 3.00. The SMILES string of the molecule is CN1CCC(N(C)C2=C(c3ccc(F)cc3)C(=O)N(c3ccc(F)cc3)C2=O)CC1. The molecule has 4 rings (SSSR count). The second-order valence-electron chi connectivity index (χ2n) is 7.80. The number of piperidine rings is 1. The summed E-state index contributed by atoms with van der Waals surface area (Å²) in [5.41, 5.74) is 1.32. The predicted molar refractivity (Wildman–Crippen MR) is 110 cm³/mol. The first-order valence-corrected chi connectivity index (χ1v) is 9.92. The van der Waals surface area contributed by atoms with Gasteiger partial charge in [0.2, 0.25) is 0 Å². The number of benzene rings is 2. The Labute approximate surface area is 174 Å². The largest absolute Gasteiger partial charge is 0.366 e. The third-order valence-corrected chi connectivity index (χ3v) is 5.87. The molecule has 2 aliphatic rings. The van der Waals surface area contributed by atoms with Crippen LogP contribution in [0.25, 0.3) is 5.57 Å². The average molecular weight is 411 g/mol. The number of halogens is 2. The molecule has 5 nitrogen and oxygen atoms in total. The van der Waals surface area contributed by atoms with Crippen LogP contribution in [0.5, 0.6) is 0 Å². The molecule has 1 saturated heterocycles. The van der Waals surface area contributed by atoms with Crippen molar-refractivity contribution >= 4 is 23.1 Å². The van der Waals surface area contributed by atoms with Crippen LogP contribution < -0.4 is 4.90 Å². The molecular formula is C23H23F2N3O2. The van der Waals surface area contributed by atoms with E-state index in [1.807, 2.05) is 11.9 Å². The van der Waals surface area contributed by atoms with E-state index in [0.29, 0.717) is 16.9 Å². The lowest BCUT2D eigenvalue weighted by Gasteiger charge is -2.36. The van der Waals surface area contributed by atoms with Gasteiger partial charge in [0, 0.05) is 13.1 Å². The van der Waals surface area contributed by atoms with Crippen molar-refractivity contribution in [3.63, 3.8) is 0 Å². The van der Waals surface area contributed by atoms with Gasteiger partial charge in [-0.3, -0.25) is 9.59 Å². The number of nitrogens with zero attached hydrogens (tertiary/aromatic N) is 3. The Bertz CT molecular complexity index is 994. The zero-order chi connectivity index (χ0) is 21.4. The molecule has 0 spiro atoms. The Kier molecular flexibility index (Phi) is 5.39. The zero-order valence-electron chi connectivity index (χ0n) is 16.9. The highest BCUT2D eigenvalue weighted by Crippen LogP contribution is 2.36. The monoisotopic (exact) mass is 411 g/mol. The number of hydrogen-bond acceptors (Lipinski definition) is 4. The van der Waals surface area contributed by atoms with Gasteiger partial charge in [0.1, 0.15) is 17.3 Å². The minimum Gasteiger partial charge on any atom is -0.366 e. The molecule has 0 saturated carbocycles. The third-order valence-electron chi connectivity index (χ3n) is 5.87. The summed E-state index contributed by atoms with van der Waals surface area (Å²) in [6.07, 6.45) is 1.73. The van der Waals surface area contributed by atoms with Gasteiger partial charge in [-0.15, -0.1) is 0 Å². The fourth-order valence-corrected chi connectivity index (χ4v) is 4.11. The van der Waals surface area contributed by atoms with Crippen molar-refractivity contribution in [2.75, 3.05) is 32.1 Å². The molecule has 2 aromatic carbocycles. The second kappa shape index (κ2) is 7.99. The van der Waals surface area contributed by atoms with Gasteiger partial charge >= 0.3 is 0 Å². The van der Waals surface area contributed by atoms with E-state index in [0.717, 1.165) is 30.8 Å². The molecule has 0 atom stereocenters. The number of anilines is 1. The van der Waals surface area contributed by atoms with Crippen LogP contribution in [0.1, 0.15) is 18.4 Å². The molecule has 0 aromatic heterocycles. The summed E-state index contributed by atoms with van der Waals surface area (Å²) in [5.74, 6) is -1.81. The van der Waals surface area contributed by atoms with E-state index in [1.54, 1.807) is 0 Å². The Morgan fingerprint density at radius 1 is 0.867 bits per heavy atom. The summed E-state index contributed by atoms with van der Waals surface area (Å²) < 4.78 is 26.9. The minimum atomic E-state index is -0.493. The highest BCUT2D eigenvalue weighted by molar-refractivity contribution is 6.45. The van der Waals surface area contributed by atoms with E-state index in [-0.39, 0.29) is 11.6 Å². The van der Waals surface area contributed by atoms with E-state index in [1.165, 1.54) is 48.5 Å². The molecule has 0 N–H and O–H groups in total. The first-order chi connectivity index (χ1) is 14.4. The third kappa shape index (κ3) is 3.61. The maximum absolute atomic E-state index is 13.5. The number of carbonyl (C=O) groups excluding carboxylic acids is 2. The molecule has 156 valence electrons. The highest BCUT2D eigenvalue weighted by atomic mass is 19.1. The van der Waals surface area contributed by atoms with Crippen LogP contribution in [0.2, 0.25) is 0 Å². The number of imide groups is 1. The van der Waals surface area contributed by atoms with E-state index in [9.17, 15) is 18.4 Å². The van der Waals surface area contributed by atoms with Crippen LogP contribution in [-0.4, -0.2) is 54.8 Å². The molecule has 2 heterocycles. The number of likely N-dealkylation sites (N-methyl/N-ethyl adjacent to an activating group) is 1. The molecule has 0 unspecified atom stereocenters. The van der Waals surface area contributed by atoms with Crippen LogP contribution in [0.3, 0.4) is 0 Å². The van der Waals surface area contributed by atoms with Gasteiger partial charge in [-0.1, -0.05) is 12.1 Å². The fourth-order valence-electron chi connectivity index (χ4n) is 4.11. The fraction of sp³-hybridized carbons (Fsp3) is 0.304. The van der Waals surface area contributed by atoms with Crippen molar-refractivity contribution in [3.05, 3.63) is 71.4 Å². The summed E-state index contributed by atoms with van der Waals surface area (Å²) in [4.78, 5) is 32.0. The van der Waals surface area contributed by atoms with Crippen LogP contribution in [0.15, 0.2) is 54.2 Å². The number of hydrogen-bond donors (Lipinski definition) is 0. The normalized spacial score (nSPS) is 18.5. The maximum Gasteiger partial charge on any atom is 0.282 e.